The van der Waals surface area contributed by atoms with Gasteiger partial charge in [0, 0.05) is 18.1 Å². The van der Waals surface area contributed by atoms with E-state index in [2.05, 4.69) is 22.1 Å². The Bertz CT molecular complexity index is 903. The number of nitrogens with zero attached hydrogens (tertiary/aromatic N) is 4. The molecule has 0 aliphatic rings. The summed E-state index contributed by atoms with van der Waals surface area (Å²) in [4.78, 5) is 18.5. The first kappa shape index (κ1) is 18.0. The van der Waals surface area contributed by atoms with Crippen molar-refractivity contribution in [3.63, 3.8) is 0 Å². The number of rotatable bonds is 5. The number of carbonyl (C=O) groups is 1. The minimum absolute atomic E-state index is 0.0449. The van der Waals surface area contributed by atoms with Gasteiger partial charge in [-0.2, -0.15) is 0 Å². The number of amides is 1. The van der Waals surface area contributed by atoms with Gasteiger partial charge in [0.05, 0.1) is 11.4 Å². The fraction of sp³-hybridized carbons (Fsp3) is 0.294. The van der Waals surface area contributed by atoms with Crippen molar-refractivity contribution in [1.29, 1.82) is 0 Å². The zero-order valence-electron chi connectivity index (χ0n) is 14.4. The van der Waals surface area contributed by atoms with Crippen LogP contribution in [0, 0.1) is 20.8 Å². The summed E-state index contributed by atoms with van der Waals surface area (Å²) in [6.45, 7) is 7.61. The lowest BCUT2D eigenvalue weighted by Gasteiger charge is -2.19. The second-order valence-electron chi connectivity index (χ2n) is 5.62. The van der Waals surface area contributed by atoms with Crippen LogP contribution in [0.5, 0.6) is 0 Å². The van der Waals surface area contributed by atoms with Crippen molar-refractivity contribution in [1.82, 2.24) is 15.2 Å². The van der Waals surface area contributed by atoms with Crippen molar-refractivity contribution in [2.24, 2.45) is 0 Å². The second-order valence-corrected chi connectivity index (χ2v) is 8.86. The molecule has 0 N–H and O–H groups in total. The first-order chi connectivity index (χ1) is 11.9. The molecule has 5 nitrogen and oxygen atoms in total. The molecule has 8 heteroatoms. The van der Waals surface area contributed by atoms with E-state index in [0.29, 0.717) is 10.9 Å². The SMILES string of the molecule is CC(=O)N(c1ccc(C)c(C)c1)c1nc(CSc2nnc(C)s2)cs1. The normalized spacial score (nSPS) is 10.9. The van der Waals surface area contributed by atoms with Crippen LogP contribution in [0.25, 0.3) is 0 Å². The number of thioether (sulfide) groups is 1. The third-order valence-corrected chi connectivity index (χ3v) is 6.53. The van der Waals surface area contributed by atoms with Crippen LogP contribution in [0.1, 0.15) is 28.8 Å². The van der Waals surface area contributed by atoms with Gasteiger partial charge in [-0.3, -0.25) is 9.69 Å². The summed E-state index contributed by atoms with van der Waals surface area (Å²) >= 11 is 4.67. The molecule has 0 unspecified atom stereocenters. The standard InChI is InChI=1S/C17H18N4OS3/c1-10-5-6-15(7-11(10)2)21(13(4)22)16-18-14(8-23-16)9-24-17-20-19-12(3)25-17/h5-8H,9H2,1-4H3. The highest BCUT2D eigenvalue weighted by Crippen LogP contribution is 2.32. The monoisotopic (exact) mass is 390 g/mol. The molecule has 0 radical (unpaired) electrons. The molecule has 0 aliphatic carbocycles. The third-order valence-electron chi connectivity index (χ3n) is 3.65. The van der Waals surface area contributed by atoms with Crippen LogP contribution in [-0.2, 0) is 10.5 Å². The van der Waals surface area contributed by atoms with Crippen molar-refractivity contribution in [2.45, 2.75) is 37.8 Å². The molecule has 2 heterocycles. The quantitative estimate of drug-likeness (QED) is 0.580. The first-order valence-electron chi connectivity index (χ1n) is 7.69. The fourth-order valence-electron chi connectivity index (χ4n) is 2.23. The van der Waals surface area contributed by atoms with Crippen molar-refractivity contribution in [3.05, 3.63) is 45.4 Å². The fourth-order valence-corrected chi connectivity index (χ4v) is 4.93. The Morgan fingerprint density at radius 1 is 1.20 bits per heavy atom. The van der Waals surface area contributed by atoms with E-state index >= 15 is 0 Å². The van der Waals surface area contributed by atoms with Crippen LogP contribution in [-0.4, -0.2) is 21.1 Å². The Labute approximate surface area is 159 Å². The molecule has 25 heavy (non-hydrogen) atoms. The summed E-state index contributed by atoms with van der Waals surface area (Å²) in [5, 5.41) is 11.8. The van der Waals surface area contributed by atoms with E-state index in [-0.39, 0.29) is 5.91 Å². The summed E-state index contributed by atoms with van der Waals surface area (Å²) in [5.41, 5.74) is 4.15. The average molecular weight is 391 g/mol. The highest BCUT2D eigenvalue weighted by molar-refractivity contribution is 8.00. The summed E-state index contributed by atoms with van der Waals surface area (Å²) in [6, 6.07) is 6.02. The molecule has 0 fully saturated rings. The van der Waals surface area contributed by atoms with E-state index in [9.17, 15) is 4.79 Å². The van der Waals surface area contributed by atoms with Gasteiger partial charge >= 0.3 is 0 Å². The van der Waals surface area contributed by atoms with Gasteiger partial charge in [0.15, 0.2) is 9.47 Å². The molecule has 130 valence electrons. The van der Waals surface area contributed by atoms with Crippen LogP contribution in [0.4, 0.5) is 10.8 Å². The number of hydrogen-bond acceptors (Lipinski definition) is 7. The van der Waals surface area contributed by atoms with Gasteiger partial charge in [0.2, 0.25) is 5.91 Å². The molecule has 3 rings (SSSR count). The number of anilines is 2. The van der Waals surface area contributed by atoms with Crippen LogP contribution in [0.15, 0.2) is 27.9 Å². The van der Waals surface area contributed by atoms with Gasteiger partial charge in [-0.1, -0.05) is 29.2 Å². The predicted molar refractivity (Wildman–Crippen MR) is 105 cm³/mol. The van der Waals surface area contributed by atoms with Gasteiger partial charge in [0.25, 0.3) is 0 Å². The summed E-state index contributed by atoms with van der Waals surface area (Å²) in [6.07, 6.45) is 0. The van der Waals surface area contributed by atoms with Gasteiger partial charge < -0.3 is 0 Å². The summed E-state index contributed by atoms with van der Waals surface area (Å²) < 4.78 is 0.935. The van der Waals surface area contributed by atoms with E-state index in [0.717, 1.165) is 26.3 Å². The van der Waals surface area contributed by atoms with E-state index < -0.39 is 0 Å². The van der Waals surface area contributed by atoms with Crippen LogP contribution < -0.4 is 4.90 Å². The van der Waals surface area contributed by atoms with Crippen LogP contribution >= 0.6 is 34.4 Å². The lowest BCUT2D eigenvalue weighted by Crippen LogP contribution is -2.22. The molecule has 0 aliphatic heterocycles. The summed E-state index contributed by atoms with van der Waals surface area (Å²) in [7, 11) is 0. The zero-order chi connectivity index (χ0) is 18.0. The molecule has 0 saturated carbocycles. The maximum atomic E-state index is 12.2. The van der Waals surface area contributed by atoms with Gasteiger partial charge in [0.1, 0.15) is 5.01 Å². The van der Waals surface area contributed by atoms with E-state index in [1.807, 2.05) is 37.4 Å². The molecule has 0 spiro atoms. The van der Waals surface area contributed by atoms with E-state index in [1.54, 1.807) is 34.9 Å². The minimum Gasteiger partial charge on any atom is -0.274 e. The van der Waals surface area contributed by atoms with Crippen molar-refractivity contribution in [3.8, 4) is 0 Å². The number of carbonyl (C=O) groups excluding carboxylic acids is 1. The van der Waals surface area contributed by atoms with Crippen LogP contribution in [0.2, 0.25) is 0 Å². The molecule has 0 saturated heterocycles. The molecule has 0 atom stereocenters. The molecule has 2 aromatic heterocycles. The second kappa shape index (κ2) is 7.63. The Morgan fingerprint density at radius 3 is 2.64 bits per heavy atom. The van der Waals surface area contributed by atoms with Gasteiger partial charge in [-0.25, -0.2) is 4.98 Å². The smallest absolute Gasteiger partial charge is 0.230 e. The Kier molecular flexibility index (Phi) is 5.51. The van der Waals surface area contributed by atoms with E-state index in [4.69, 9.17) is 0 Å². The molecular weight excluding hydrogens is 372 g/mol. The van der Waals surface area contributed by atoms with Gasteiger partial charge in [-0.15, -0.1) is 21.5 Å². The first-order valence-corrected chi connectivity index (χ1v) is 10.4. The lowest BCUT2D eigenvalue weighted by molar-refractivity contribution is -0.115. The number of thiazole rings is 1. The highest BCUT2D eigenvalue weighted by Gasteiger charge is 2.18. The topological polar surface area (TPSA) is 59.0 Å². The maximum Gasteiger partial charge on any atom is 0.230 e. The van der Waals surface area contributed by atoms with Gasteiger partial charge in [-0.05, 0) is 44.0 Å². The zero-order valence-corrected chi connectivity index (χ0v) is 16.9. The largest absolute Gasteiger partial charge is 0.274 e. The Morgan fingerprint density at radius 2 is 2.00 bits per heavy atom. The molecule has 1 amide bonds. The number of aryl methyl sites for hydroxylation is 3. The molecule has 3 aromatic rings. The van der Waals surface area contributed by atoms with Crippen LogP contribution in [0.3, 0.4) is 0 Å². The third kappa shape index (κ3) is 4.26. The van der Waals surface area contributed by atoms with E-state index in [1.165, 1.54) is 16.9 Å². The Balaban J connectivity index is 1.79. The number of aromatic nitrogens is 3. The maximum absolute atomic E-state index is 12.2. The number of benzene rings is 1. The Hall–Kier alpha value is -1.77. The predicted octanol–water partition coefficient (Wildman–Crippen LogP) is 4.90. The highest BCUT2D eigenvalue weighted by atomic mass is 32.2. The minimum atomic E-state index is -0.0449. The lowest BCUT2D eigenvalue weighted by atomic mass is 10.1. The average Bonchev–Trinajstić information content (AvgIpc) is 3.18. The van der Waals surface area contributed by atoms with Crippen molar-refractivity contribution in [2.75, 3.05) is 4.90 Å². The summed E-state index contributed by atoms with van der Waals surface area (Å²) in [5.74, 6) is 0.667. The van der Waals surface area contributed by atoms with Crippen molar-refractivity contribution >= 4 is 51.2 Å². The molecule has 1 aromatic carbocycles. The van der Waals surface area contributed by atoms with Crippen molar-refractivity contribution < 1.29 is 4.79 Å². The molecule has 0 bridgehead atoms. The molecular formula is C17H18N4OS3. The number of hydrogen-bond donors (Lipinski definition) is 0.